The van der Waals surface area contributed by atoms with Crippen LogP contribution in [0.2, 0.25) is 0 Å². The average molecular weight is 404 g/mol. The van der Waals surface area contributed by atoms with Crippen LogP contribution in [0.1, 0.15) is 18.7 Å². The van der Waals surface area contributed by atoms with E-state index >= 15 is 0 Å². The standard InChI is InChI=1S/C20H25N3O2S2/c1-15(27-18-7-5-17(6-8-18)21-16(2)24)20(25)23-11-9-22(10-12-23)14-19-4-3-13-26-19/h3-8,13,15H,9-12,14H2,1-2H3,(H,21,24). The Morgan fingerprint density at radius 1 is 1.15 bits per heavy atom. The summed E-state index contributed by atoms with van der Waals surface area (Å²) in [6, 6.07) is 11.9. The first-order valence-electron chi connectivity index (χ1n) is 9.09. The maximum atomic E-state index is 12.8. The molecule has 0 bridgehead atoms. The summed E-state index contributed by atoms with van der Waals surface area (Å²) in [6.07, 6.45) is 0. The highest BCUT2D eigenvalue weighted by atomic mass is 32.2. The molecule has 1 fully saturated rings. The van der Waals surface area contributed by atoms with Crippen LogP contribution in [0.15, 0.2) is 46.7 Å². The molecule has 2 heterocycles. The van der Waals surface area contributed by atoms with Gasteiger partial charge in [-0.1, -0.05) is 6.07 Å². The lowest BCUT2D eigenvalue weighted by Gasteiger charge is -2.35. The van der Waals surface area contributed by atoms with Gasteiger partial charge in [-0.2, -0.15) is 0 Å². The van der Waals surface area contributed by atoms with Crippen molar-refractivity contribution >= 4 is 40.6 Å². The minimum Gasteiger partial charge on any atom is -0.339 e. The molecular weight excluding hydrogens is 378 g/mol. The maximum absolute atomic E-state index is 12.8. The van der Waals surface area contributed by atoms with E-state index in [9.17, 15) is 9.59 Å². The summed E-state index contributed by atoms with van der Waals surface area (Å²) < 4.78 is 0. The van der Waals surface area contributed by atoms with Crippen LogP contribution in [0.5, 0.6) is 0 Å². The molecule has 2 amide bonds. The fraction of sp³-hybridized carbons (Fsp3) is 0.400. The van der Waals surface area contributed by atoms with Gasteiger partial charge in [0.05, 0.1) is 5.25 Å². The van der Waals surface area contributed by atoms with Gasteiger partial charge in [-0.3, -0.25) is 14.5 Å². The molecule has 1 aliphatic heterocycles. The quantitative estimate of drug-likeness (QED) is 0.750. The number of nitrogens with zero attached hydrogens (tertiary/aromatic N) is 2. The summed E-state index contributed by atoms with van der Waals surface area (Å²) in [6.45, 7) is 7.85. The van der Waals surface area contributed by atoms with E-state index in [2.05, 4.69) is 27.7 Å². The summed E-state index contributed by atoms with van der Waals surface area (Å²) in [5.41, 5.74) is 0.771. The molecule has 0 spiro atoms. The van der Waals surface area contributed by atoms with E-state index in [1.165, 1.54) is 11.8 Å². The van der Waals surface area contributed by atoms with E-state index in [1.54, 1.807) is 23.1 Å². The predicted octanol–water partition coefficient (Wildman–Crippen LogP) is 3.53. The second-order valence-corrected chi connectivity index (χ2v) is 9.09. The van der Waals surface area contributed by atoms with Gasteiger partial charge in [-0.25, -0.2) is 0 Å². The fourth-order valence-electron chi connectivity index (χ4n) is 3.08. The Balaban J connectivity index is 1.47. The molecule has 3 rings (SSSR count). The van der Waals surface area contributed by atoms with Crippen molar-refractivity contribution in [3.8, 4) is 0 Å². The molecule has 1 N–H and O–H groups in total. The SMILES string of the molecule is CC(=O)Nc1ccc(SC(C)C(=O)N2CCN(Cc3cccs3)CC2)cc1. The zero-order valence-electron chi connectivity index (χ0n) is 15.7. The van der Waals surface area contributed by atoms with Crippen LogP contribution in [0.3, 0.4) is 0 Å². The van der Waals surface area contributed by atoms with E-state index in [0.717, 1.165) is 43.3 Å². The number of anilines is 1. The number of carbonyl (C=O) groups excluding carboxylic acids is 2. The molecular formula is C20H25N3O2S2. The van der Waals surface area contributed by atoms with E-state index in [4.69, 9.17) is 0 Å². The summed E-state index contributed by atoms with van der Waals surface area (Å²) in [4.78, 5) is 30.6. The molecule has 1 aliphatic rings. The lowest BCUT2D eigenvalue weighted by atomic mass is 10.2. The van der Waals surface area contributed by atoms with Crippen molar-refractivity contribution in [3.05, 3.63) is 46.7 Å². The summed E-state index contributed by atoms with van der Waals surface area (Å²) in [5, 5.41) is 4.74. The summed E-state index contributed by atoms with van der Waals surface area (Å²) in [5.74, 6) is 0.110. The molecule has 1 aromatic carbocycles. The Morgan fingerprint density at radius 2 is 1.85 bits per heavy atom. The summed E-state index contributed by atoms with van der Waals surface area (Å²) >= 11 is 3.35. The van der Waals surface area contributed by atoms with Gasteiger partial charge in [0.25, 0.3) is 0 Å². The first kappa shape index (κ1) is 19.9. The molecule has 1 saturated heterocycles. The van der Waals surface area contributed by atoms with Crippen molar-refractivity contribution < 1.29 is 9.59 Å². The third-order valence-electron chi connectivity index (χ3n) is 4.48. The largest absolute Gasteiger partial charge is 0.339 e. The molecule has 1 aromatic heterocycles. The van der Waals surface area contributed by atoms with E-state index in [1.807, 2.05) is 36.1 Å². The number of hydrogen-bond donors (Lipinski definition) is 1. The van der Waals surface area contributed by atoms with Gasteiger partial charge in [-0.05, 0) is 42.6 Å². The molecule has 5 nitrogen and oxygen atoms in total. The third-order valence-corrected chi connectivity index (χ3v) is 6.44. The van der Waals surface area contributed by atoms with Crippen molar-refractivity contribution in [2.75, 3.05) is 31.5 Å². The zero-order chi connectivity index (χ0) is 19.2. The Kier molecular flexibility index (Phi) is 6.93. The minimum absolute atomic E-state index is 0.0860. The highest BCUT2D eigenvalue weighted by Crippen LogP contribution is 2.26. The van der Waals surface area contributed by atoms with Crippen molar-refractivity contribution in [1.82, 2.24) is 9.80 Å². The number of hydrogen-bond acceptors (Lipinski definition) is 5. The molecule has 27 heavy (non-hydrogen) atoms. The number of rotatable bonds is 6. The monoisotopic (exact) mass is 403 g/mol. The average Bonchev–Trinajstić information content (AvgIpc) is 3.16. The molecule has 144 valence electrons. The van der Waals surface area contributed by atoms with Gasteiger partial charge in [0.1, 0.15) is 0 Å². The van der Waals surface area contributed by atoms with Crippen LogP contribution in [-0.2, 0) is 16.1 Å². The lowest BCUT2D eigenvalue weighted by Crippen LogP contribution is -2.50. The van der Waals surface area contributed by atoms with Crippen molar-refractivity contribution in [1.29, 1.82) is 0 Å². The minimum atomic E-state index is -0.125. The van der Waals surface area contributed by atoms with Crippen LogP contribution >= 0.6 is 23.1 Å². The van der Waals surface area contributed by atoms with E-state index in [-0.39, 0.29) is 17.1 Å². The van der Waals surface area contributed by atoms with Crippen LogP contribution in [-0.4, -0.2) is 53.0 Å². The van der Waals surface area contributed by atoms with Gasteiger partial charge in [0.2, 0.25) is 11.8 Å². The molecule has 0 saturated carbocycles. The van der Waals surface area contributed by atoms with E-state index in [0.29, 0.717) is 0 Å². The molecule has 0 radical (unpaired) electrons. The molecule has 1 unspecified atom stereocenters. The highest BCUT2D eigenvalue weighted by Gasteiger charge is 2.25. The van der Waals surface area contributed by atoms with Crippen molar-refractivity contribution in [3.63, 3.8) is 0 Å². The van der Waals surface area contributed by atoms with Crippen LogP contribution in [0.25, 0.3) is 0 Å². The molecule has 0 aliphatic carbocycles. The fourth-order valence-corrected chi connectivity index (χ4v) is 4.78. The van der Waals surface area contributed by atoms with Crippen LogP contribution in [0, 0.1) is 0 Å². The van der Waals surface area contributed by atoms with Crippen molar-refractivity contribution in [2.45, 2.75) is 30.5 Å². The Labute approximate surface area is 168 Å². The topological polar surface area (TPSA) is 52.7 Å². The maximum Gasteiger partial charge on any atom is 0.235 e. The lowest BCUT2D eigenvalue weighted by molar-refractivity contribution is -0.132. The number of carbonyl (C=O) groups is 2. The number of thioether (sulfide) groups is 1. The zero-order valence-corrected chi connectivity index (χ0v) is 17.3. The van der Waals surface area contributed by atoms with Gasteiger partial charge in [-0.15, -0.1) is 23.1 Å². The first-order valence-corrected chi connectivity index (χ1v) is 10.8. The molecule has 2 aromatic rings. The number of amides is 2. The van der Waals surface area contributed by atoms with Gasteiger partial charge in [0.15, 0.2) is 0 Å². The van der Waals surface area contributed by atoms with Crippen molar-refractivity contribution in [2.24, 2.45) is 0 Å². The predicted molar refractivity (Wildman–Crippen MR) is 112 cm³/mol. The molecule has 7 heteroatoms. The Bertz CT molecular complexity index is 754. The normalized spacial score (nSPS) is 16.1. The van der Waals surface area contributed by atoms with Gasteiger partial charge >= 0.3 is 0 Å². The second-order valence-electron chi connectivity index (χ2n) is 6.65. The number of piperazine rings is 1. The van der Waals surface area contributed by atoms with E-state index < -0.39 is 0 Å². The smallest absolute Gasteiger partial charge is 0.235 e. The highest BCUT2D eigenvalue weighted by molar-refractivity contribution is 8.00. The summed E-state index contributed by atoms with van der Waals surface area (Å²) in [7, 11) is 0. The molecule has 1 atom stereocenters. The third kappa shape index (κ3) is 5.82. The number of benzene rings is 1. The van der Waals surface area contributed by atoms with Crippen LogP contribution < -0.4 is 5.32 Å². The number of thiophene rings is 1. The number of nitrogens with one attached hydrogen (secondary N) is 1. The second kappa shape index (κ2) is 9.39. The Morgan fingerprint density at radius 3 is 2.44 bits per heavy atom. The van der Waals surface area contributed by atoms with Gasteiger partial charge in [0, 0.05) is 55.1 Å². The first-order chi connectivity index (χ1) is 13.0. The van der Waals surface area contributed by atoms with Crippen LogP contribution in [0.4, 0.5) is 5.69 Å². The van der Waals surface area contributed by atoms with Gasteiger partial charge < -0.3 is 10.2 Å². The Hall–Kier alpha value is -1.83.